The number of rotatable bonds is 6. The van der Waals surface area contributed by atoms with E-state index in [0.29, 0.717) is 17.4 Å². The van der Waals surface area contributed by atoms with Crippen LogP contribution in [0.25, 0.3) is 0 Å². The Morgan fingerprint density at radius 2 is 2.05 bits per heavy atom. The Labute approximate surface area is 129 Å². The second-order valence-electron chi connectivity index (χ2n) is 5.31. The van der Waals surface area contributed by atoms with Gasteiger partial charge in [-0.15, -0.1) is 0 Å². The molecular formula is C16H19FN4O. The van der Waals surface area contributed by atoms with Crippen LogP contribution in [0, 0.1) is 11.7 Å². The Balaban J connectivity index is 1.97. The summed E-state index contributed by atoms with van der Waals surface area (Å²) in [6.07, 6.45) is 1.52. The summed E-state index contributed by atoms with van der Waals surface area (Å²) in [5.74, 6) is 0.150. The number of hydrogen-bond acceptors (Lipinski definition) is 4. The molecule has 0 fully saturated rings. The molecule has 6 heteroatoms. The molecule has 0 saturated heterocycles. The topological polar surface area (TPSA) is 66.9 Å². The summed E-state index contributed by atoms with van der Waals surface area (Å²) in [7, 11) is 0. The van der Waals surface area contributed by atoms with Gasteiger partial charge in [0.15, 0.2) is 0 Å². The molecule has 22 heavy (non-hydrogen) atoms. The van der Waals surface area contributed by atoms with E-state index >= 15 is 0 Å². The van der Waals surface area contributed by atoms with E-state index in [0.717, 1.165) is 6.54 Å². The molecule has 1 heterocycles. The number of hydrogen-bond donors (Lipinski definition) is 2. The highest BCUT2D eigenvalue weighted by Crippen LogP contribution is 2.07. The largest absolute Gasteiger partial charge is 0.354 e. The molecule has 1 aromatic heterocycles. The van der Waals surface area contributed by atoms with Gasteiger partial charge < -0.3 is 10.6 Å². The molecule has 0 saturated carbocycles. The highest BCUT2D eigenvalue weighted by Gasteiger charge is 2.10. The summed E-state index contributed by atoms with van der Waals surface area (Å²) in [4.78, 5) is 20.3. The Hall–Kier alpha value is -2.50. The van der Waals surface area contributed by atoms with E-state index in [1.165, 1.54) is 18.3 Å². The third-order valence-electron chi connectivity index (χ3n) is 2.95. The second kappa shape index (κ2) is 7.49. The number of nitrogens with zero attached hydrogens (tertiary/aromatic N) is 2. The average Bonchev–Trinajstić information content (AvgIpc) is 2.52. The van der Waals surface area contributed by atoms with E-state index in [1.807, 2.05) is 0 Å². The minimum Gasteiger partial charge on any atom is -0.354 e. The van der Waals surface area contributed by atoms with Gasteiger partial charge in [0.05, 0.1) is 0 Å². The molecule has 1 aromatic carbocycles. The molecule has 0 spiro atoms. The van der Waals surface area contributed by atoms with Crippen LogP contribution in [-0.2, 0) is 6.54 Å². The van der Waals surface area contributed by atoms with Gasteiger partial charge in [-0.05, 0) is 18.1 Å². The van der Waals surface area contributed by atoms with Crippen LogP contribution >= 0.6 is 0 Å². The van der Waals surface area contributed by atoms with Crippen molar-refractivity contribution in [1.29, 1.82) is 0 Å². The first-order valence-electron chi connectivity index (χ1n) is 7.15. The van der Waals surface area contributed by atoms with Crippen molar-refractivity contribution in [2.24, 2.45) is 5.92 Å². The van der Waals surface area contributed by atoms with Crippen molar-refractivity contribution in [1.82, 2.24) is 15.3 Å². The zero-order valence-electron chi connectivity index (χ0n) is 12.6. The lowest BCUT2D eigenvalue weighted by atomic mass is 10.2. The van der Waals surface area contributed by atoms with Gasteiger partial charge in [-0.3, -0.25) is 4.79 Å². The normalized spacial score (nSPS) is 10.5. The number of nitrogens with one attached hydrogen (secondary N) is 2. The summed E-state index contributed by atoms with van der Waals surface area (Å²) in [6, 6.07) is 7.85. The maximum absolute atomic E-state index is 13.5. The summed E-state index contributed by atoms with van der Waals surface area (Å²) in [6.45, 7) is 4.97. The molecule has 116 valence electrons. The van der Waals surface area contributed by atoms with Crippen LogP contribution in [0.3, 0.4) is 0 Å². The van der Waals surface area contributed by atoms with Crippen molar-refractivity contribution in [2.45, 2.75) is 20.4 Å². The van der Waals surface area contributed by atoms with Crippen molar-refractivity contribution in [2.75, 3.05) is 11.9 Å². The number of carbonyl (C=O) groups excluding carboxylic acids is 1. The van der Waals surface area contributed by atoms with Crippen LogP contribution in [0.15, 0.2) is 36.5 Å². The monoisotopic (exact) mass is 302 g/mol. The van der Waals surface area contributed by atoms with Crippen LogP contribution in [0.2, 0.25) is 0 Å². The van der Waals surface area contributed by atoms with Gasteiger partial charge in [0.25, 0.3) is 5.91 Å². The van der Waals surface area contributed by atoms with E-state index < -0.39 is 0 Å². The predicted octanol–water partition coefficient (Wildman–Crippen LogP) is 2.61. The molecule has 0 radical (unpaired) electrons. The lowest BCUT2D eigenvalue weighted by Crippen LogP contribution is -2.25. The van der Waals surface area contributed by atoms with Crippen LogP contribution in [0.5, 0.6) is 0 Å². The maximum atomic E-state index is 13.5. The first kappa shape index (κ1) is 15.9. The van der Waals surface area contributed by atoms with Gasteiger partial charge in [0.2, 0.25) is 5.95 Å². The van der Waals surface area contributed by atoms with Gasteiger partial charge in [-0.2, -0.15) is 0 Å². The molecule has 0 aliphatic heterocycles. The molecular weight excluding hydrogens is 283 g/mol. The fourth-order valence-corrected chi connectivity index (χ4v) is 1.77. The average molecular weight is 302 g/mol. The van der Waals surface area contributed by atoms with Crippen LogP contribution in [0.4, 0.5) is 10.3 Å². The summed E-state index contributed by atoms with van der Waals surface area (Å²) >= 11 is 0. The minimum absolute atomic E-state index is 0.115. The van der Waals surface area contributed by atoms with Crippen LogP contribution < -0.4 is 10.6 Å². The summed E-state index contributed by atoms with van der Waals surface area (Å²) < 4.78 is 13.5. The Bertz CT molecular complexity index is 646. The maximum Gasteiger partial charge on any atom is 0.270 e. The first-order chi connectivity index (χ1) is 10.6. The predicted molar refractivity (Wildman–Crippen MR) is 82.9 cm³/mol. The molecule has 0 aliphatic rings. The number of halogens is 1. The number of benzene rings is 1. The Morgan fingerprint density at radius 3 is 2.77 bits per heavy atom. The molecule has 0 aliphatic carbocycles. The van der Waals surface area contributed by atoms with Crippen molar-refractivity contribution < 1.29 is 9.18 Å². The standard InChI is InChI=1S/C16H19FN4O/c1-11(2)9-20-16-18-8-7-14(21-16)15(22)19-10-12-5-3-4-6-13(12)17/h3-8,11H,9-10H2,1-2H3,(H,19,22)(H,18,20,21). The molecule has 2 N–H and O–H groups in total. The van der Waals surface area contributed by atoms with Crippen molar-refractivity contribution in [3.8, 4) is 0 Å². The molecule has 0 atom stereocenters. The third kappa shape index (κ3) is 4.51. The zero-order chi connectivity index (χ0) is 15.9. The van der Waals surface area contributed by atoms with E-state index in [2.05, 4.69) is 34.4 Å². The molecule has 2 aromatic rings. The molecule has 5 nitrogen and oxygen atoms in total. The lowest BCUT2D eigenvalue weighted by molar-refractivity contribution is 0.0945. The van der Waals surface area contributed by atoms with Gasteiger partial charge in [-0.25, -0.2) is 14.4 Å². The van der Waals surface area contributed by atoms with Crippen molar-refractivity contribution in [3.05, 3.63) is 53.6 Å². The lowest BCUT2D eigenvalue weighted by Gasteiger charge is -2.09. The Morgan fingerprint density at radius 1 is 1.27 bits per heavy atom. The van der Waals surface area contributed by atoms with Crippen molar-refractivity contribution >= 4 is 11.9 Å². The van der Waals surface area contributed by atoms with Gasteiger partial charge >= 0.3 is 0 Å². The second-order valence-corrected chi connectivity index (χ2v) is 5.31. The fourth-order valence-electron chi connectivity index (χ4n) is 1.77. The number of amides is 1. The minimum atomic E-state index is -0.363. The highest BCUT2D eigenvalue weighted by molar-refractivity contribution is 5.92. The van der Waals surface area contributed by atoms with E-state index in [9.17, 15) is 9.18 Å². The SMILES string of the molecule is CC(C)CNc1nccc(C(=O)NCc2ccccc2F)n1. The molecule has 1 amide bonds. The third-order valence-corrected chi connectivity index (χ3v) is 2.95. The van der Waals surface area contributed by atoms with Crippen LogP contribution in [0.1, 0.15) is 29.9 Å². The van der Waals surface area contributed by atoms with E-state index in [1.54, 1.807) is 18.2 Å². The molecule has 0 unspecified atom stereocenters. The number of carbonyl (C=O) groups is 1. The van der Waals surface area contributed by atoms with Crippen molar-refractivity contribution in [3.63, 3.8) is 0 Å². The van der Waals surface area contributed by atoms with Crippen LogP contribution in [-0.4, -0.2) is 22.4 Å². The summed E-state index contributed by atoms with van der Waals surface area (Å²) in [5.41, 5.74) is 0.681. The van der Waals surface area contributed by atoms with E-state index in [4.69, 9.17) is 0 Å². The van der Waals surface area contributed by atoms with E-state index in [-0.39, 0.29) is 24.0 Å². The smallest absolute Gasteiger partial charge is 0.270 e. The number of anilines is 1. The molecule has 2 rings (SSSR count). The summed E-state index contributed by atoms with van der Waals surface area (Å²) in [5, 5.41) is 5.71. The zero-order valence-corrected chi connectivity index (χ0v) is 12.6. The fraction of sp³-hybridized carbons (Fsp3) is 0.312. The van der Waals surface area contributed by atoms with Gasteiger partial charge in [-0.1, -0.05) is 32.0 Å². The van der Waals surface area contributed by atoms with Gasteiger partial charge in [0.1, 0.15) is 11.5 Å². The molecule has 0 bridgehead atoms. The highest BCUT2D eigenvalue weighted by atomic mass is 19.1. The van der Waals surface area contributed by atoms with Gasteiger partial charge in [0, 0.05) is 24.8 Å². The first-order valence-corrected chi connectivity index (χ1v) is 7.15. The Kier molecular flexibility index (Phi) is 5.41. The quantitative estimate of drug-likeness (QED) is 0.861. The number of aromatic nitrogens is 2.